The van der Waals surface area contributed by atoms with Crippen molar-refractivity contribution in [3.8, 4) is 0 Å². The molecule has 1 aliphatic rings. The molecule has 1 saturated heterocycles. The molecule has 1 amide bonds. The van der Waals surface area contributed by atoms with Crippen molar-refractivity contribution in [3.63, 3.8) is 0 Å². The van der Waals surface area contributed by atoms with Gasteiger partial charge in [-0.3, -0.25) is 4.79 Å². The molecule has 1 aromatic carbocycles. The fourth-order valence-corrected chi connectivity index (χ4v) is 4.99. The standard InChI is InChI=1S/C15H16FN3O4S2/c16-11-2-1-3-12(7-11)17-13(20)8-24-15-19-18-14(23-15)6-10-4-5-25(21,22)9-10/h1-3,7,10H,4-6,8-9H2,(H,17,20)/t10-/m0/s1. The van der Waals surface area contributed by atoms with Crippen LogP contribution in [0.15, 0.2) is 33.9 Å². The molecule has 1 aliphatic heterocycles. The largest absolute Gasteiger partial charge is 0.416 e. The molecule has 7 nitrogen and oxygen atoms in total. The first-order chi connectivity index (χ1) is 11.9. The maximum absolute atomic E-state index is 13.1. The number of rotatable bonds is 6. The van der Waals surface area contributed by atoms with Crippen LogP contribution < -0.4 is 5.32 Å². The summed E-state index contributed by atoms with van der Waals surface area (Å²) in [6.45, 7) is 0. The number of benzene rings is 1. The van der Waals surface area contributed by atoms with E-state index in [2.05, 4.69) is 15.5 Å². The molecule has 2 heterocycles. The fourth-order valence-electron chi connectivity index (χ4n) is 2.55. The highest BCUT2D eigenvalue weighted by Gasteiger charge is 2.29. The van der Waals surface area contributed by atoms with Gasteiger partial charge in [0.25, 0.3) is 5.22 Å². The van der Waals surface area contributed by atoms with Gasteiger partial charge in [-0.25, -0.2) is 12.8 Å². The molecule has 1 aromatic heterocycles. The van der Waals surface area contributed by atoms with Gasteiger partial charge in [0.1, 0.15) is 5.82 Å². The molecule has 3 rings (SSSR count). The van der Waals surface area contributed by atoms with Crippen molar-refractivity contribution < 1.29 is 22.0 Å². The van der Waals surface area contributed by atoms with Crippen LogP contribution in [0.4, 0.5) is 10.1 Å². The number of hydrogen-bond acceptors (Lipinski definition) is 7. The molecule has 2 aromatic rings. The van der Waals surface area contributed by atoms with Gasteiger partial charge in [-0.1, -0.05) is 17.8 Å². The van der Waals surface area contributed by atoms with E-state index >= 15 is 0 Å². The number of nitrogens with zero attached hydrogens (tertiary/aromatic N) is 2. The second-order valence-corrected chi connectivity index (χ2v) is 8.94. The molecule has 0 bridgehead atoms. The van der Waals surface area contributed by atoms with Gasteiger partial charge >= 0.3 is 0 Å². The van der Waals surface area contributed by atoms with Gasteiger partial charge in [0.15, 0.2) is 9.84 Å². The maximum Gasteiger partial charge on any atom is 0.277 e. The minimum atomic E-state index is -2.94. The van der Waals surface area contributed by atoms with Crippen molar-refractivity contribution in [1.29, 1.82) is 0 Å². The van der Waals surface area contributed by atoms with E-state index in [4.69, 9.17) is 4.42 Å². The number of halogens is 1. The third kappa shape index (κ3) is 5.27. The Morgan fingerprint density at radius 2 is 2.24 bits per heavy atom. The topological polar surface area (TPSA) is 102 Å². The molecule has 0 unspecified atom stereocenters. The highest BCUT2D eigenvalue weighted by atomic mass is 32.2. The fraction of sp³-hybridized carbons (Fsp3) is 0.400. The monoisotopic (exact) mass is 385 g/mol. The molecule has 0 saturated carbocycles. The number of carbonyl (C=O) groups is 1. The highest BCUT2D eigenvalue weighted by Crippen LogP contribution is 2.24. The molecule has 134 valence electrons. The van der Waals surface area contributed by atoms with E-state index in [1.54, 1.807) is 6.07 Å². The quantitative estimate of drug-likeness (QED) is 0.758. The minimum Gasteiger partial charge on any atom is -0.416 e. The van der Waals surface area contributed by atoms with Crippen molar-refractivity contribution in [2.24, 2.45) is 5.92 Å². The van der Waals surface area contributed by atoms with Gasteiger partial charge in [-0.05, 0) is 30.5 Å². The van der Waals surface area contributed by atoms with Gasteiger partial charge in [-0.2, -0.15) is 0 Å². The maximum atomic E-state index is 13.1. The first kappa shape index (κ1) is 17.9. The summed E-state index contributed by atoms with van der Waals surface area (Å²) < 4.78 is 41.4. The summed E-state index contributed by atoms with van der Waals surface area (Å²) in [7, 11) is -2.94. The van der Waals surface area contributed by atoms with E-state index in [9.17, 15) is 17.6 Å². The molecule has 0 spiro atoms. The Morgan fingerprint density at radius 3 is 2.96 bits per heavy atom. The Labute approximate surface area is 148 Å². The highest BCUT2D eigenvalue weighted by molar-refractivity contribution is 7.99. The van der Waals surface area contributed by atoms with Crippen molar-refractivity contribution in [3.05, 3.63) is 36.0 Å². The van der Waals surface area contributed by atoms with Crippen LogP contribution in [0.25, 0.3) is 0 Å². The van der Waals surface area contributed by atoms with Crippen LogP contribution in [-0.2, 0) is 21.1 Å². The SMILES string of the molecule is O=C(CSc1nnc(C[C@@H]2CCS(=O)(=O)C2)o1)Nc1cccc(F)c1. The second-order valence-electron chi connectivity index (χ2n) is 5.78. The summed E-state index contributed by atoms with van der Waals surface area (Å²) in [5, 5.41) is 10.5. The van der Waals surface area contributed by atoms with E-state index in [1.165, 1.54) is 18.2 Å². The van der Waals surface area contributed by atoms with Crippen LogP contribution in [0.5, 0.6) is 0 Å². The average Bonchev–Trinajstić information content (AvgIpc) is 3.12. The van der Waals surface area contributed by atoms with Crippen LogP contribution in [0, 0.1) is 11.7 Å². The first-order valence-electron chi connectivity index (χ1n) is 7.61. The Balaban J connectivity index is 1.47. The van der Waals surface area contributed by atoms with Gasteiger partial charge in [0.05, 0.1) is 17.3 Å². The van der Waals surface area contributed by atoms with E-state index in [1.807, 2.05) is 0 Å². The Hall–Kier alpha value is -1.94. The van der Waals surface area contributed by atoms with Crippen molar-refractivity contribution >= 4 is 33.2 Å². The molecule has 1 N–H and O–H groups in total. The summed E-state index contributed by atoms with van der Waals surface area (Å²) in [6, 6.07) is 5.61. The van der Waals surface area contributed by atoms with Gasteiger partial charge in [0.2, 0.25) is 11.8 Å². The van der Waals surface area contributed by atoms with Crippen LogP contribution in [-0.4, -0.2) is 41.8 Å². The van der Waals surface area contributed by atoms with E-state index in [0.717, 1.165) is 11.8 Å². The predicted octanol–water partition coefficient (Wildman–Crippen LogP) is 1.92. The average molecular weight is 385 g/mol. The second kappa shape index (κ2) is 7.52. The van der Waals surface area contributed by atoms with Crippen LogP contribution in [0.1, 0.15) is 12.3 Å². The summed E-state index contributed by atoms with van der Waals surface area (Å²) in [6.07, 6.45) is 1.02. The molecule has 1 fully saturated rings. The smallest absolute Gasteiger partial charge is 0.277 e. The van der Waals surface area contributed by atoms with Gasteiger partial charge in [0, 0.05) is 12.1 Å². The number of amides is 1. The molecule has 25 heavy (non-hydrogen) atoms. The third-order valence-electron chi connectivity index (χ3n) is 3.67. The number of hydrogen-bond donors (Lipinski definition) is 1. The summed E-state index contributed by atoms with van der Waals surface area (Å²) in [4.78, 5) is 11.8. The van der Waals surface area contributed by atoms with Crippen LogP contribution in [0.3, 0.4) is 0 Å². The molecule has 1 atom stereocenters. The van der Waals surface area contributed by atoms with Gasteiger partial charge < -0.3 is 9.73 Å². The summed E-state index contributed by atoms with van der Waals surface area (Å²) in [5.74, 6) is 0.00482. The zero-order valence-electron chi connectivity index (χ0n) is 13.1. The van der Waals surface area contributed by atoms with Crippen molar-refractivity contribution in [2.75, 3.05) is 22.6 Å². The molecular formula is C15H16FN3O4S2. The third-order valence-corrected chi connectivity index (χ3v) is 6.33. The Bertz CT molecular complexity index is 869. The predicted molar refractivity (Wildman–Crippen MR) is 90.5 cm³/mol. The lowest BCUT2D eigenvalue weighted by Crippen LogP contribution is -2.14. The number of thioether (sulfide) groups is 1. The Morgan fingerprint density at radius 1 is 1.40 bits per heavy atom. The van der Waals surface area contributed by atoms with E-state index in [0.29, 0.717) is 24.4 Å². The Kier molecular flexibility index (Phi) is 5.38. The van der Waals surface area contributed by atoms with Crippen molar-refractivity contribution in [1.82, 2.24) is 10.2 Å². The van der Waals surface area contributed by atoms with Crippen LogP contribution in [0.2, 0.25) is 0 Å². The lowest BCUT2D eigenvalue weighted by Gasteiger charge is -2.03. The first-order valence-corrected chi connectivity index (χ1v) is 10.4. The molecule has 0 aliphatic carbocycles. The van der Waals surface area contributed by atoms with Crippen LogP contribution >= 0.6 is 11.8 Å². The molecule has 0 radical (unpaired) electrons. The normalized spacial score (nSPS) is 19.0. The number of anilines is 1. The summed E-state index contributed by atoms with van der Waals surface area (Å²) in [5.41, 5.74) is 0.374. The minimum absolute atomic E-state index is 0.000393. The number of sulfone groups is 1. The molecule has 10 heteroatoms. The lowest BCUT2D eigenvalue weighted by molar-refractivity contribution is -0.113. The van der Waals surface area contributed by atoms with E-state index in [-0.39, 0.29) is 34.3 Å². The van der Waals surface area contributed by atoms with Crippen molar-refractivity contribution in [2.45, 2.75) is 18.1 Å². The van der Waals surface area contributed by atoms with E-state index < -0.39 is 15.7 Å². The number of aromatic nitrogens is 2. The number of nitrogens with one attached hydrogen (secondary N) is 1. The lowest BCUT2D eigenvalue weighted by atomic mass is 10.1. The zero-order valence-corrected chi connectivity index (χ0v) is 14.8. The summed E-state index contributed by atoms with van der Waals surface area (Å²) >= 11 is 1.07. The zero-order chi connectivity index (χ0) is 17.9. The van der Waals surface area contributed by atoms with Gasteiger partial charge in [-0.15, -0.1) is 10.2 Å². The number of carbonyl (C=O) groups excluding carboxylic acids is 1. The molecular weight excluding hydrogens is 369 g/mol.